The first-order valence-electron chi connectivity index (χ1n) is 4.06. The second kappa shape index (κ2) is 3.43. The summed E-state index contributed by atoms with van der Waals surface area (Å²) in [4.78, 5) is 0. The van der Waals surface area contributed by atoms with Crippen LogP contribution < -0.4 is 5.73 Å². The van der Waals surface area contributed by atoms with Crippen molar-refractivity contribution in [2.24, 2.45) is 5.73 Å². The number of nitrogens with zero attached hydrogens (tertiary/aromatic N) is 4. The molecule has 0 aliphatic carbocycles. The average Bonchev–Trinajstić information content (AvgIpc) is 2.71. The quantitative estimate of drug-likeness (QED) is 0.687. The Bertz CT molecular complexity index is 425. The van der Waals surface area contributed by atoms with Gasteiger partial charge in [0.15, 0.2) is 0 Å². The number of nitrogens with two attached hydrogens (primary N) is 1. The molecule has 6 nitrogen and oxygen atoms in total. The highest BCUT2D eigenvalue weighted by Gasteiger charge is 2.03. The van der Waals surface area contributed by atoms with Crippen molar-refractivity contribution in [3.8, 4) is 11.4 Å². The van der Waals surface area contributed by atoms with E-state index in [1.165, 1.54) is 11.0 Å². The zero-order valence-corrected chi connectivity index (χ0v) is 7.33. The Labute approximate surface area is 80.0 Å². The van der Waals surface area contributed by atoms with Gasteiger partial charge in [0.25, 0.3) is 0 Å². The predicted octanol–water partition coefficient (Wildman–Crippen LogP) is -0.173. The molecule has 0 fully saturated rings. The first-order chi connectivity index (χ1) is 6.81. The fourth-order valence-electron chi connectivity index (χ4n) is 1.16. The minimum absolute atomic E-state index is 0.185. The molecule has 14 heavy (non-hydrogen) atoms. The van der Waals surface area contributed by atoms with Crippen LogP contribution >= 0.6 is 0 Å². The molecule has 0 amide bonds. The maximum absolute atomic E-state index is 9.39. The number of aromatic nitrogens is 4. The molecular formula is C8H9N5O. The van der Waals surface area contributed by atoms with Crippen molar-refractivity contribution in [1.29, 1.82) is 0 Å². The summed E-state index contributed by atoms with van der Waals surface area (Å²) in [5, 5.41) is 20.1. The van der Waals surface area contributed by atoms with Crippen molar-refractivity contribution in [2.45, 2.75) is 6.54 Å². The van der Waals surface area contributed by atoms with E-state index in [4.69, 9.17) is 5.73 Å². The van der Waals surface area contributed by atoms with E-state index in [-0.39, 0.29) is 12.3 Å². The molecule has 0 saturated heterocycles. The van der Waals surface area contributed by atoms with E-state index in [0.717, 1.165) is 5.69 Å². The van der Waals surface area contributed by atoms with Gasteiger partial charge in [0.2, 0.25) is 0 Å². The molecule has 1 heterocycles. The molecule has 1 aromatic heterocycles. The molecule has 0 spiro atoms. The molecule has 0 atom stereocenters. The molecule has 0 aliphatic heterocycles. The van der Waals surface area contributed by atoms with Crippen LogP contribution in [0.15, 0.2) is 24.5 Å². The minimum Gasteiger partial charge on any atom is -0.508 e. The van der Waals surface area contributed by atoms with Crippen molar-refractivity contribution in [3.63, 3.8) is 0 Å². The summed E-state index contributed by atoms with van der Waals surface area (Å²) in [5.41, 5.74) is 6.89. The van der Waals surface area contributed by atoms with Crippen molar-refractivity contribution >= 4 is 0 Å². The zero-order chi connectivity index (χ0) is 9.97. The van der Waals surface area contributed by atoms with Crippen LogP contribution in [0, 0.1) is 0 Å². The Morgan fingerprint density at radius 2 is 2.29 bits per heavy atom. The molecule has 2 aromatic rings. The number of hydrogen-bond donors (Lipinski definition) is 2. The Kier molecular flexibility index (Phi) is 2.11. The normalized spacial score (nSPS) is 10.4. The van der Waals surface area contributed by atoms with Gasteiger partial charge in [-0.25, -0.2) is 4.68 Å². The van der Waals surface area contributed by atoms with Gasteiger partial charge in [-0.2, -0.15) is 0 Å². The maximum Gasteiger partial charge on any atom is 0.143 e. The third-order valence-corrected chi connectivity index (χ3v) is 1.90. The number of aromatic hydroxyl groups is 1. The highest BCUT2D eigenvalue weighted by atomic mass is 16.3. The lowest BCUT2D eigenvalue weighted by Crippen LogP contribution is -2.00. The average molecular weight is 191 g/mol. The molecule has 0 unspecified atom stereocenters. The fourth-order valence-corrected chi connectivity index (χ4v) is 1.16. The fraction of sp³-hybridized carbons (Fsp3) is 0.125. The van der Waals surface area contributed by atoms with Crippen LogP contribution in [-0.2, 0) is 6.54 Å². The van der Waals surface area contributed by atoms with Gasteiger partial charge < -0.3 is 10.8 Å². The monoisotopic (exact) mass is 191 g/mol. The summed E-state index contributed by atoms with van der Waals surface area (Å²) in [6.07, 6.45) is 1.48. The number of phenols is 1. The molecule has 0 bridgehead atoms. The van der Waals surface area contributed by atoms with E-state index in [9.17, 15) is 5.11 Å². The first-order valence-corrected chi connectivity index (χ1v) is 4.06. The minimum atomic E-state index is 0.185. The lowest BCUT2D eigenvalue weighted by Gasteiger charge is -2.04. The Balaban J connectivity index is 2.46. The van der Waals surface area contributed by atoms with Crippen LogP contribution in [0.4, 0.5) is 0 Å². The van der Waals surface area contributed by atoms with Crippen LogP contribution in [0.5, 0.6) is 5.75 Å². The zero-order valence-electron chi connectivity index (χ0n) is 7.33. The number of hydrogen-bond acceptors (Lipinski definition) is 5. The lowest BCUT2D eigenvalue weighted by atomic mass is 10.2. The van der Waals surface area contributed by atoms with Crippen molar-refractivity contribution in [1.82, 2.24) is 20.2 Å². The second-order valence-electron chi connectivity index (χ2n) is 2.77. The Morgan fingerprint density at radius 3 is 2.93 bits per heavy atom. The summed E-state index contributed by atoms with van der Waals surface area (Å²) < 4.78 is 1.50. The summed E-state index contributed by atoms with van der Waals surface area (Å²) in [6, 6.07) is 5.02. The van der Waals surface area contributed by atoms with E-state index in [1.807, 2.05) is 0 Å². The van der Waals surface area contributed by atoms with E-state index >= 15 is 0 Å². The SMILES string of the molecule is NCc1cc(-n2cnnn2)ccc1O. The van der Waals surface area contributed by atoms with Crippen LogP contribution in [0.3, 0.4) is 0 Å². The second-order valence-corrected chi connectivity index (χ2v) is 2.77. The van der Waals surface area contributed by atoms with Gasteiger partial charge in [-0.15, -0.1) is 5.10 Å². The van der Waals surface area contributed by atoms with Crippen molar-refractivity contribution in [3.05, 3.63) is 30.1 Å². The summed E-state index contributed by atoms with van der Waals surface area (Å²) >= 11 is 0. The highest BCUT2D eigenvalue weighted by Crippen LogP contribution is 2.19. The van der Waals surface area contributed by atoms with Gasteiger partial charge in [-0.05, 0) is 28.6 Å². The van der Waals surface area contributed by atoms with Gasteiger partial charge in [0, 0.05) is 12.1 Å². The number of tetrazole rings is 1. The van der Waals surface area contributed by atoms with Crippen LogP contribution in [0.1, 0.15) is 5.56 Å². The van der Waals surface area contributed by atoms with Gasteiger partial charge in [0.1, 0.15) is 12.1 Å². The molecule has 72 valence electrons. The van der Waals surface area contributed by atoms with Crippen LogP contribution in [0.25, 0.3) is 5.69 Å². The van der Waals surface area contributed by atoms with Gasteiger partial charge in [0.05, 0.1) is 5.69 Å². The maximum atomic E-state index is 9.39. The van der Waals surface area contributed by atoms with Gasteiger partial charge in [-0.1, -0.05) is 0 Å². The Hall–Kier alpha value is -1.95. The van der Waals surface area contributed by atoms with Crippen molar-refractivity contribution < 1.29 is 5.11 Å². The van der Waals surface area contributed by atoms with E-state index in [1.54, 1.807) is 18.2 Å². The smallest absolute Gasteiger partial charge is 0.143 e. The third-order valence-electron chi connectivity index (χ3n) is 1.90. The van der Waals surface area contributed by atoms with Gasteiger partial charge >= 0.3 is 0 Å². The molecule has 1 aromatic carbocycles. The standard InChI is InChI=1S/C8H9N5O/c9-4-6-3-7(1-2-8(6)14)13-5-10-11-12-13/h1-3,5,14H,4,9H2. The molecule has 0 saturated carbocycles. The first kappa shape index (κ1) is 8.64. The predicted molar refractivity (Wildman–Crippen MR) is 48.7 cm³/mol. The number of benzene rings is 1. The molecule has 2 rings (SSSR count). The summed E-state index contributed by atoms with van der Waals surface area (Å²) in [7, 11) is 0. The van der Waals surface area contributed by atoms with E-state index < -0.39 is 0 Å². The summed E-state index contributed by atoms with van der Waals surface area (Å²) in [6.45, 7) is 0.280. The molecular weight excluding hydrogens is 182 g/mol. The molecule has 6 heteroatoms. The molecule has 3 N–H and O–H groups in total. The molecule has 0 aliphatic rings. The van der Waals surface area contributed by atoms with Gasteiger partial charge in [-0.3, -0.25) is 0 Å². The van der Waals surface area contributed by atoms with E-state index in [2.05, 4.69) is 15.5 Å². The topological polar surface area (TPSA) is 89.9 Å². The highest BCUT2D eigenvalue weighted by molar-refractivity contribution is 5.42. The van der Waals surface area contributed by atoms with Crippen molar-refractivity contribution in [2.75, 3.05) is 0 Å². The van der Waals surface area contributed by atoms with Crippen LogP contribution in [0.2, 0.25) is 0 Å². The lowest BCUT2D eigenvalue weighted by molar-refractivity contribution is 0.468. The number of rotatable bonds is 2. The summed E-state index contributed by atoms with van der Waals surface area (Å²) in [5.74, 6) is 0.185. The third kappa shape index (κ3) is 1.42. The number of phenolic OH excluding ortho intramolecular Hbond substituents is 1. The van der Waals surface area contributed by atoms with E-state index in [0.29, 0.717) is 5.56 Å². The largest absolute Gasteiger partial charge is 0.508 e. The Morgan fingerprint density at radius 1 is 1.43 bits per heavy atom. The molecule has 0 radical (unpaired) electrons. The van der Waals surface area contributed by atoms with Crippen LogP contribution in [-0.4, -0.2) is 25.3 Å².